The van der Waals surface area contributed by atoms with Crippen LogP contribution in [0, 0.1) is 11.8 Å². The highest BCUT2D eigenvalue weighted by atomic mass is 16.2. The lowest BCUT2D eigenvalue weighted by Gasteiger charge is -2.42. The molecule has 0 aromatic heterocycles. The molecule has 1 heterocycles. The molecule has 1 aliphatic carbocycles. The Morgan fingerprint density at radius 1 is 1.12 bits per heavy atom. The van der Waals surface area contributed by atoms with Gasteiger partial charge in [0.2, 0.25) is 0 Å². The summed E-state index contributed by atoms with van der Waals surface area (Å²) in [7, 11) is 0. The lowest BCUT2D eigenvalue weighted by molar-refractivity contribution is 0.0990. The van der Waals surface area contributed by atoms with Crippen molar-refractivity contribution in [1.82, 2.24) is 10.2 Å². The van der Waals surface area contributed by atoms with Gasteiger partial charge in [-0.3, -0.25) is 0 Å². The molecule has 0 aromatic carbocycles. The zero-order chi connectivity index (χ0) is 12.5. The lowest BCUT2D eigenvalue weighted by atomic mass is 9.75. The minimum absolute atomic E-state index is 0.125. The second-order valence-electron chi connectivity index (χ2n) is 6.72. The number of likely N-dealkylation sites (tertiary alicyclic amines) is 1. The Hall–Kier alpha value is -0.730. The molecule has 17 heavy (non-hydrogen) atoms. The molecular formula is C14H26N2O. The molecular weight excluding hydrogens is 212 g/mol. The first-order valence-electron chi connectivity index (χ1n) is 7.03. The summed E-state index contributed by atoms with van der Waals surface area (Å²) in [5.74, 6) is 1.66. The van der Waals surface area contributed by atoms with E-state index in [1.165, 1.54) is 32.1 Å². The number of rotatable bonds is 0. The quantitative estimate of drug-likeness (QED) is 0.691. The fraction of sp³-hybridized carbons (Fsp3) is 0.929. The second kappa shape index (κ2) is 4.87. The number of piperidine rings is 1. The van der Waals surface area contributed by atoms with Crippen LogP contribution in [-0.2, 0) is 0 Å². The molecule has 2 atom stereocenters. The van der Waals surface area contributed by atoms with Crippen molar-refractivity contribution >= 4 is 6.03 Å². The minimum Gasteiger partial charge on any atom is -0.333 e. The molecule has 1 N–H and O–H groups in total. The van der Waals surface area contributed by atoms with Crippen LogP contribution in [-0.4, -0.2) is 29.6 Å². The van der Waals surface area contributed by atoms with Crippen LogP contribution in [0.25, 0.3) is 0 Å². The van der Waals surface area contributed by atoms with Gasteiger partial charge in [-0.15, -0.1) is 0 Å². The fourth-order valence-corrected chi connectivity index (χ4v) is 3.19. The number of amides is 2. The Balaban J connectivity index is 1.89. The summed E-state index contributed by atoms with van der Waals surface area (Å²) in [5, 5.41) is 3.07. The molecule has 2 fully saturated rings. The molecule has 3 nitrogen and oxygen atoms in total. The van der Waals surface area contributed by atoms with Gasteiger partial charge in [0.15, 0.2) is 0 Å². The summed E-state index contributed by atoms with van der Waals surface area (Å²) in [6, 6.07) is 0.126. The van der Waals surface area contributed by atoms with Crippen molar-refractivity contribution in [2.75, 3.05) is 13.1 Å². The van der Waals surface area contributed by atoms with E-state index in [0.29, 0.717) is 0 Å². The van der Waals surface area contributed by atoms with E-state index in [0.717, 1.165) is 24.9 Å². The number of nitrogens with one attached hydrogen (secondary N) is 1. The molecule has 2 aliphatic rings. The van der Waals surface area contributed by atoms with Gasteiger partial charge in [0.1, 0.15) is 0 Å². The van der Waals surface area contributed by atoms with Crippen molar-refractivity contribution in [2.24, 2.45) is 11.8 Å². The number of hydrogen-bond acceptors (Lipinski definition) is 1. The maximum Gasteiger partial charge on any atom is 0.317 e. The second-order valence-corrected chi connectivity index (χ2v) is 6.72. The molecule has 0 radical (unpaired) electrons. The standard InChI is InChI=1S/C14H26N2O/c1-14(2,3)15-13(17)16-9-8-11-6-4-5-7-12(11)10-16/h11-12H,4-10H2,1-3H3,(H,15,17). The van der Waals surface area contributed by atoms with Gasteiger partial charge in [0.05, 0.1) is 0 Å². The van der Waals surface area contributed by atoms with E-state index in [4.69, 9.17) is 0 Å². The van der Waals surface area contributed by atoms with Crippen LogP contribution >= 0.6 is 0 Å². The third kappa shape index (κ3) is 3.36. The topological polar surface area (TPSA) is 32.3 Å². The van der Waals surface area contributed by atoms with Crippen LogP contribution in [0.2, 0.25) is 0 Å². The van der Waals surface area contributed by atoms with E-state index in [9.17, 15) is 4.79 Å². The summed E-state index contributed by atoms with van der Waals surface area (Å²) in [6.07, 6.45) is 6.68. The van der Waals surface area contributed by atoms with Gasteiger partial charge in [-0.1, -0.05) is 19.3 Å². The highest BCUT2D eigenvalue weighted by Gasteiger charge is 2.33. The van der Waals surface area contributed by atoms with E-state index >= 15 is 0 Å². The Kier molecular flexibility index (Phi) is 3.64. The first kappa shape index (κ1) is 12.7. The van der Waals surface area contributed by atoms with Crippen LogP contribution in [0.4, 0.5) is 4.79 Å². The summed E-state index contributed by atoms with van der Waals surface area (Å²) in [6.45, 7) is 8.05. The first-order valence-corrected chi connectivity index (χ1v) is 7.03. The largest absolute Gasteiger partial charge is 0.333 e. The molecule has 1 aliphatic heterocycles. The number of nitrogens with zero attached hydrogens (tertiary/aromatic N) is 1. The monoisotopic (exact) mass is 238 g/mol. The van der Waals surface area contributed by atoms with Crippen molar-refractivity contribution in [3.05, 3.63) is 0 Å². The molecule has 2 rings (SSSR count). The van der Waals surface area contributed by atoms with Gasteiger partial charge in [0.25, 0.3) is 0 Å². The highest BCUT2D eigenvalue weighted by Crippen LogP contribution is 2.36. The highest BCUT2D eigenvalue weighted by molar-refractivity contribution is 5.75. The maximum atomic E-state index is 12.1. The fourth-order valence-electron chi connectivity index (χ4n) is 3.19. The molecule has 3 heteroatoms. The van der Waals surface area contributed by atoms with Gasteiger partial charge in [-0.05, 0) is 45.4 Å². The minimum atomic E-state index is -0.125. The molecule has 1 saturated carbocycles. The SMILES string of the molecule is CC(C)(C)NC(=O)N1CCC2CCCCC2C1. The van der Waals surface area contributed by atoms with Crippen molar-refractivity contribution in [1.29, 1.82) is 0 Å². The van der Waals surface area contributed by atoms with E-state index < -0.39 is 0 Å². The Morgan fingerprint density at radius 3 is 2.41 bits per heavy atom. The average molecular weight is 238 g/mol. The van der Waals surface area contributed by atoms with Crippen molar-refractivity contribution in [3.8, 4) is 0 Å². The molecule has 98 valence electrons. The van der Waals surface area contributed by atoms with E-state index in [-0.39, 0.29) is 11.6 Å². The summed E-state index contributed by atoms with van der Waals surface area (Å²) >= 11 is 0. The van der Waals surface area contributed by atoms with E-state index in [1.54, 1.807) is 0 Å². The Bertz CT molecular complexity index is 282. The van der Waals surface area contributed by atoms with Gasteiger partial charge in [0, 0.05) is 18.6 Å². The number of urea groups is 1. The van der Waals surface area contributed by atoms with Gasteiger partial charge < -0.3 is 10.2 Å². The zero-order valence-corrected chi connectivity index (χ0v) is 11.5. The number of carbonyl (C=O) groups excluding carboxylic acids is 1. The Morgan fingerprint density at radius 2 is 1.76 bits per heavy atom. The van der Waals surface area contributed by atoms with Gasteiger partial charge >= 0.3 is 6.03 Å². The molecule has 0 aromatic rings. The molecule has 0 spiro atoms. The van der Waals surface area contributed by atoms with Crippen molar-refractivity contribution in [3.63, 3.8) is 0 Å². The summed E-state index contributed by atoms with van der Waals surface area (Å²) in [4.78, 5) is 14.1. The third-order valence-corrected chi connectivity index (χ3v) is 4.06. The summed E-state index contributed by atoms with van der Waals surface area (Å²) < 4.78 is 0. The van der Waals surface area contributed by atoms with Crippen LogP contribution in [0.15, 0.2) is 0 Å². The number of fused-ring (bicyclic) bond motifs is 1. The van der Waals surface area contributed by atoms with Crippen LogP contribution < -0.4 is 5.32 Å². The normalized spacial score (nSPS) is 29.7. The summed E-state index contributed by atoms with van der Waals surface area (Å²) in [5.41, 5.74) is -0.125. The van der Waals surface area contributed by atoms with Gasteiger partial charge in [-0.2, -0.15) is 0 Å². The van der Waals surface area contributed by atoms with E-state index in [2.05, 4.69) is 5.32 Å². The molecule has 1 saturated heterocycles. The first-order chi connectivity index (χ1) is 7.96. The lowest BCUT2D eigenvalue weighted by Crippen LogP contribution is -2.53. The number of hydrogen-bond donors (Lipinski definition) is 1. The average Bonchev–Trinajstić information content (AvgIpc) is 2.26. The van der Waals surface area contributed by atoms with E-state index in [1.807, 2.05) is 25.7 Å². The van der Waals surface area contributed by atoms with Crippen LogP contribution in [0.1, 0.15) is 52.9 Å². The van der Waals surface area contributed by atoms with Gasteiger partial charge in [-0.25, -0.2) is 4.79 Å². The number of carbonyl (C=O) groups is 1. The maximum absolute atomic E-state index is 12.1. The Labute approximate surface area is 105 Å². The van der Waals surface area contributed by atoms with Crippen LogP contribution in [0.5, 0.6) is 0 Å². The van der Waals surface area contributed by atoms with Crippen molar-refractivity contribution < 1.29 is 4.79 Å². The molecule has 0 bridgehead atoms. The molecule has 2 amide bonds. The zero-order valence-electron chi connectivity index (χ0n) is 11.5. The molecule has 2 unspecified atom stereocenters. The third-order valence-electron chi connectivity index (χ3n) is 4.06. The van der Waals surface area contributed by atoms with Crippen molar-refractivity contribution in [2.45, 2.75) is 58.4 Å². The predicted octanol–water partition coefficient (Wildman–Crippen LogP) is 3.01. The smallest absolute Gasteiger partial charge is 0.317 e. The predicted molar refractivity (Wildman–Crippen MR) is 69.9 cm³/mol. The van der Waals surface area contributed by atoms with Crippen LogP contribution in [0.3, 0.4) is 0 Å².